The van der Waals surface area contributed by atoms with Gasteiger partial charge in [-0.25, -0.2) is 0 Å². The molecule has 0 bridgehead atoms. The van der Waals surface area contributed by atoms with Gasteiger partial charge in [0.15, 0.2) is 0 Å². The number of rotatable bonds is 3. The molecule has 0 aromatic heterocycles. The van der Waals surface area contributed by atoms with Crippen LogP contribution < -0.4 is 5.32 Å². The molecule has 0 saturated heterocycles. The Morgan fingerprint density at radius 1 is 1.62 bits per heavy atom. The van der Waals surface area contributed by atoms with Crippen LogP contribution >= 0.6 is 27.5 Å². The summed E-state index contributed by atoms with van der Waals surface area (Å²) in [6.07, 6.45) is 0. The number of nitro groups is 1. The largest absolute Gasteiger partial charge is 0.325 e. The van der Waals surface area contributed by atoms with Crippen LogP contribution in [0, 0.1) is 17.0 Å². The van der Waals surface area contributed by atoms with Crippen molar-refractivity contribution in [2.24, 2.45) is 0 Å². The second-order valence-electron chi connectivity index (χ2n) is 3.06. The number of benzene rings is 1. The zero-order valence-electron chi connectivity index (χ0n) is 8.29. The highest BCUT2D eigenvalue weighted by molar-refractivity contribution is 9.09. The van der Waals surface area contributed by atoms with Gasteiger partial charge in [-0.2, -0.15) is 0 Å². The lowest BCUT2D eigenvalue weighted by molar-refractivity contribution is -0.384. The summed E-state index contributed by atoms with van der Waals surface area (Å²) in [4.78, 5) is 21.2. The number of nitro benzene ring substituents is 1. The summed E-state index contributed by atoms with van der Waals surface area (Å²) in [5.74, 6) is -0.243. The van der Waals surface area contributed by atoms with E-state index in [1.807, 2.05) is 0 Å². The van der Waals surface area contributed by atoms with E-state index in [2.05, 4.69) is 21.2 Å². The number of hydrogen-bond donors (Lipinski definition) is 1. The van der Waals surface area contributed by atoms with Crippen molar-refractivity contribution in [2.75, 3.05) is 10.6 Å². The van der Waals surface area contributed by atoms with E-state index in [1.54, 1.807) is 6.92 Å². The first-order valence-corrected chi connectivity index (χ1v) is 5.76. The van der Waals surface area contributed by atoms with Gasteiger partial charge in [0.05, 0.1) is 10.3 Å². The lowest BCUT2D eigenvalue weighted by Gasteiger charge is -2.07. The van der Waals surface area contributed by atoms with E-state index in [0.717, 1.165) is 0 Å². The van der Waals surface area contributed by atoms with Crippen molar-refractivity contribution in [3.63, 3.8) is 0 Å². The Kier molecular flexibility index (Phi) is 4.26. The molecule has 0 aliphatic heterocycles. The number of nitrogens with one attached hydrogen (secondary N) is 1. The molecule has 1 rings (SSSR count). The fourth-order valence-corrected chi connectivity index (χ4v) is 1.50. The summed E-state index contributed by atoms with van der Waals surface area (Å²) in [7, 11) is 0. The molecule has 86 valence electrons. The van der Waals surface area contributed by atoms with Crippen LogP contribution in [-0.2, 0) is 4.79 Å². The standard InChI is InChI=1S/C9H8BrClN2O3/c1-5-2-8(13(15)16)6(11)3-7(5)12-9(14)4-10/h2-3H,4H2,1H3,(H,12,14). The molecule has 1 aromatic carbocycles. The predicted molar refractivity (Wildman–Crippen MR) is 65.3 cm³/mol. The first-order chi connectivity index (χ1) is 7.45. The van der Waals surface area contributed by atoms with Crippen LogP contribution in [-0.4, -0.2) is 16.2 Å². The smallest absolute Gasteiger partial charge is 0.288 e. The van der Waals surface area contributed by atoms with Crippen LogP contribution in [0.1, 0.15) is 5.56 Å². The predicted octanol–water partition coefficient (Wildman–Crippen LogP) is 2.89. The molecule has 0 saturated carbocycles. The molecule has 0 fully saturated rings. The van der Waals surface area contributed by atoms with Gasteiger partial charge in [0.2, 0.25) is 5.91 Å². The highest BCUT2D eigenvalue weighted by atomic mass is 79.9. The fraction of sp³-hybridized carbons (Fsp3) is 0.222. The van der Waals surface area contributed by atoms with Gasteiger partial charge in [-0.1, -0.05) is 27.5 Å². The van der Waals surface area contributed by atoms with Crippen LogP contribution in [0.5, 0.6) is 0 Å². The Bertz CT molecular complexity index is 451. The van der Waals surface area contributed by atoms with Gasteiger partial charge in [0, 0.05) is 11.8 Å². The quantitative estimate of drug-likeness (QED) is 0.530. The fourth-order valence-electron chi connectivity index (χ4n) is 1.12. The minimum absolute atomic E-state index is 0.000437. The highest BCUT2D eigenvalue weighted by Crippen LogP contribution is 2.30. The van der Waals surface area contributed by atoms with Crippen molar-refractivity contribution < 1.29 is 9.72 Å². The zero-order chi connectivity index (χ0) is 12.3. The van der Waals surface area contributed by atoms with Crippen molar-refractivity contribution in [1.29, 1.82) is 0 Å². The Morgan fingerprint density at radius 3 is 2.75 bits per heavy atom. The van der Waals surface area contributed by atoms with Gasteiger partial charge < -0.3 is 5.32 Å². The maximum Gasteiger partial charge on any atom is 0.288 e. The molecule has 0 radical (unpaired) electrons. The summed E-state index contributed by atoms with van der Waals surface area (Å²) in [6.45, 7) is 1.66. The van der Waals surface area contributed by atoms with E-state index < -0.39 is 4.92 Å². The van der Waals surface area contributed by atoms with Crippen molar-refractivity contribution in [3.05, 3.63) is 32.8 Å². The SMILES string of the molecule is Cc1cc([N+](=O)[O-])c(Cl)cc1NC(=O)CBr. The first-order valence-electron chi connectivity index (χ1n) is 4.26. The summed E-state index contributed by atoms with van der Waals surface area (Å²) >= 11 is 8.72. The third-order valence-corrected chi connectivity index (χ3v) is 2.70. The molecule has 1 amide bonds. The summed E-state index contributed by atoms with van der Waals surface area (Å²) in [5.41, 5.74) is 0.890. The number of anilines is 1. The van der Waals surface area contributed by atoms with Crippen molar-refractivity contribution >= 4 is 44.8 Å². The van der Waals surface area contributed by atoms with Gasteiger partial charge >= 0.3 is 0 Å². The maximum absolute atomic E-state index is 11.1. The van der Waals surface area contributed by atoms with Crippen LogP contribution in [0.2, 0.25) is 5.02 Å². The van der Waals surface area contributed by atoms with Gasteiger partial charge in [-0.05, 0) is 18.6 Å². The molecular formula is C9H8BrClN2O3. The average Bonchev–Trinajstić information content (AvgIpc) is 2.22. The molecular weight excluding hydrogens is 299 g/mol. The Morgan fingerprint density at radius 2 is 2.25 bits per heavy atom. The summed E-state index contributed by atoms with van der Waals surface area (Å²) in [5, 5.41) is 13.3. The first kappa shape index (κ1) is 12.9. The third kappa shape index (κ3) is 2.93. The Hall–Kier alpha value is -1.14. The van der Waals surface area contributed by atoms with Crippen LogP contribution in [0.3, 0.4) is 0 Å². The second-order valence-corrected chi connectivity index (χ2v) is 4.03. The minimum Gasteiger partial charge on any atom is -0.325 e. The molecule has 7 heteroatoms. The van der Waals surface area contributed by atoms with E-state index >= 15 is 0 Å². The van der Waals surface area contributed by atoms with E-state index in [0.29, 0.717) is 11.3 Å². The molecule has 0 aliphatic carbocycles. The number of carbonyl (C=O) groups excluding carboxylic acids is 1. The second kappa shape index (κ2) is 5.27. The molecule has 0 spiro atoms. The molecule has 0 aliphatic rings. The van der Waals surface area contributed by atoms with Crippen LogP contribution in [0.25, 0.3) is 0 Å². The van der Waals surface area contributed by atoms with E-state index in [9.17, 15) is 14.9 Å². The minimum atomic E-state index is -0.564. The third-order valence-electron chi connectivity index (χ3n) is 1.89. The van der Waals surface area contributed by atoms with Crippen molar-refractivity contribution in [3.8, 4) is 0 Å². The molecule has 0 heterocycles. The lowest BCUT2D eigenvalue weighted by atomic mass is 10.2. The number of amides is 1. The molecule has 1 aromatic rings. The zero-order valence-corrected chi connectivity index (χ0v) is 10.6. The number of aryl methyl sites for hydroxylation is 1. The van der Waals surface area contributed by atoms with E-state index in [4.69, 9.17) is 11.6 Å². The molecule has 16 heavy (non-hydrogen) atoms. The van der Waals surface area contributed by atoms with Crippen LogP contribution in [0.4, 0.5) is 11.4 Å². The van der Waals surface area contributed by atoms with E-state index in [1.165, 1.54) is 12.1 Å². The van der Waals surface area contributed by atoms with Crippen molar-refractivity contribution in [1.82, 2.24) is 0 Å². The molecule has 0 unspecified atom stereocenters. The highest BCUT2D eigenvalue weighted by Gasteiger charge is 2.15. The summed E-state index contributed by atoms with van der Waals surface area (Å²) in [6, 6.07) is 2.70. The van der Waals surface area contributed by atoms with Gasteiger partial charge in [0.25, 0.3) is 5.69 Å². The van der Waals surface area contributed by atoms with Crippen molar-refractivity contribution in [2.45, 2.75) is 6.92 Å². The number of alkyl halides is 1. The number of nitrogens with zero attached hydrogens (tertiary/aromatic N) is 1. The van der Waals surface area contributed by atoms with Crippen LogP contribution in [0.15, 0.2) is 12.1 Å². The average molecular weight is 308 g/mol. The molecule has 1 N–H and O–H groups in total. The number of halogens is 2. The normalized spacial score (nSPS) is 9.94. The Balaban J connectivity index is 3.10. The van der Waals surface area contributed by atoms with Gasteiger partial charge in [-0.15, -0.1) is 0 Å². The van der Waals surface area contributed by atoms with E-state index in [-0.39, 0.29) is 21.9 Å². The topological polar surface area (TPSA) is 72.2 Å². The van der Waals surface area contributed by atoms with Gasteiger partial charge in [-0.3, -0.25) is 14.9 Å². The maximum atomic E-state index is 11.1. The number of carbonyl (C=O) groups is 1. The summed E-state index contributed by atoms with van der Waals surface area (Å²) < 4.78 is 0. The lowest BCUT2D eigenvalue weighted by Crippen LogP contribution is -2.13. The number of hydrogen-bond acceptors (Lipinski definition) is 3. The Labute approximate surface area is 105 Å². The monoisotopic (exact) mass is 306 g/mol. The van der Waals surface area contributed by atoms with Gasteiger partial charge in [0.1, 0.15) is 5.02 Å². The molecule has 5 nitrogen and oxygen atoms in total. The molecule has 0 atom stereocenters.